The quantitative estimate of drug-likeness (QED) is 0.864. The molecule has 0 radical (unpaired) electrons. The number of carboxylic acids is 1. The van der Waals surface area contributed by atoms with Crippen LogP contribution < -0.4 is 4.90 Å². The number of rotatable bonds is 6. The molecule has 0 aromatic heterocycles. The van der Waals surface area contributed by atoms with Gasteiger partial charge in [-0.25, -0.2) is 0 Å². The van der Waals surface area contributed by atoms with Crippen molar-refractivity contribution in [3.63, 3.8) is 0 Å². The van der Waals surface area contributed by atoms with E-state index in [1.807, 2.05) is 56.3 Å². The standard InChI is InChI=1S/C21H23NO4/c1-14-8-9-17(13-26-12-16-6-4-3-5-7-16)15(2)20(14)22-11-18(21(24)25)10-19(22)23/h3-9,18H,10-13H2,1-2H3,(H,24,25). The summed E-state index contributed by atoms with van der Waals surface area (Å²) >= 11 is 0. The molecule has 0 spiro atoms. The lowest BCUT2D eigenvalue weighted by atomic mass is 10.0. The van der Waals surface area contributed by atoms with E-state index in [1.54, 1.807) is 4.90 Å². The molecule has 2 aromatic carbocycles. The van der Waals surface area contributed by atoms with E-state index in [0.29, 0.717) is 13.2 Å². The zero-order valence-corrected chi connectivity index (χ0v) is 15.1. The van der Waals surface area contributed by atoms with Gasteiger partial charge in [-0.1, -0.05) is 42.5 Å². The fraction of sp³-hybridized carbons (Fsp3) is 0.333. The van der Waals surface area contributed by atoms with Gasteiger partial charge >= 0.3 is 5.97 Å². The SMILES string of the molecule is Cc1ccc(COCc2ccccc2)c(C)c1N1CC(C(=O)O)CC1=O. The summed E-state index contributed by atoms with van der Waals surface area (Å²) in [6, 6.07) is 13.9. The van der Waals surface area contributed by atoms with Crippen LogP contribution in [0.15, 0.2) is 42.5 Å². The summed E-state index contributed by atoms with van der Waals surface area (Å²) in [5, 5.41) is 9.21. The Balaban J connectivity index is 1.76. The highest BCUT2D eigenvalue weighted by Gasteiger charge is 2.36. The van der Waals surface area contributed by atoms with Gasteiger partial charge in [0.1, 0.15) is 0 Å². The fourth-order valence-electron chi connectivity index (χ4n) is 3.39. The predicted octanol–water partition coefficient (Wildman–Crippen LogP) is 3.46. The highest BCUT2D eigenvalue weighted by atomic mass is 16.5. The Morgan fingerprint density at radius 2 is 1.88 bits per heavy atom. The van der Waals surface area contributed by atoms with Gasteiger partial charge in [0.15, 0.2) is 0 Å². The zero-order chi connectivity index (χ0) is 18.7. The Morgan fingerprint density at radius 3 is 2.54 bits per heavy atom. The summed E-state index contributed by atoms with van der Waals surface area (Å²) in [4.78, 5) is 25.2. The van der Waals surface area contributed by atoms with Crippen LogP contribution in [-0.4, -0.2) is 23.5 Å². The Labute approximate surface area is 153 Å². The van der Waals surface area contributed by atoms with Crippen molar-refractivity contribution in [2.24, 2.45) is 5.92 Å². The second kappa shape index (κ2) is 7.70. The number of aryl methyl sites for hydroxylation is 1. The number of carboxylic acid groups (broad SMARTS) is 1. The highest BCUT2D eigenvalue weighted by molar-refractivity contribution is 6.00. The molecule has 0 aliphatic carbocycles. The number of benzene rings is 2. The van der Waals surface area contributed by atoms with E-state index in [0.717, 1.165) is 27.9 Å². The molecule has 0 saturated carbocycles. The lowest BCUT2D eigenvalue weighted by Crippen LogP contribution is -2.27. The maximum atomic E-state index is 12.3. The average Bonchev–Trinajstić information content (AvgIpc) is 3.00. The smallest absolute Gasteiger partial charge is 0.308 e. The minimum Gasteiger partial charge on any atom is -0.481 e. The van der Waals surface area contributed by atoms with E-state index in [2.05, 4.69) is 0 Å². The van der Waals surface area contributed by atoms with Crippen LogP contribution in [0.2, 0.25) is 0 Å². The number of hydrogen-bond acceptors (Lipinski definition) is 3. The van der Waals surface area contributed by atoms with Gasteiger partial charge in [-0.05, 0) is 36.1 Å². The summed E-state index contributed by atoms with van der Waals surface area (Å²) in [6.07, 6.45) is 0.0585. The van der Waals surface area contributed by atoms with E-state index in [-0.39, 0.29) is 18.9 Å². The molecule has 1 atom stereocenters. The van der Waals surface area contributed by atoms with Crippen LogP contribution in [0, 0.1) is 19.8 Å². The molecule has 136 valence electrons. The Morgan fingerprint density at radius 1 is 1.15 bits per heavy atom. The predicted molar refractivity (Wildman–Crippen MR) is 98.9 cm³/mol. The van der Waals surface area contributed by atoms with Crippen molar-refractivity contribution >= 4 is 17.6 Å². The van der Waals surface area contributed by atoms with Crippen molar-refractivity contribution in [1.29, 1.82) is 0 Å². The largest absolute Gasteiger partial charge is 0.481 e. The molecule has 1 saturated heterocycles. The van der Waals surface area contributed by atoms with Crippen LogP contribution in [0.5, 0.6) is 0 Å². The first-order valence-electron chi connectivity index (χ1n) is 8.71. The third kappa shape index (κ3) is 3.78. The maximum Gasteiger partial charge on any atom is 0.308 e. The maximum absolute atomic E-state index is 12.3. The monoisotopic (exact) mass is 353 g/mol. The summed E-state index contributed by atoms with van der Waals surface area (Å²) in [5.74, 6) is -1.69. The minimum atomic E-state index is -0.918. The second-order valence-electron chi connectivity index (χ2n) is 6.74. The first-order valence-corrected chi connectivity index (χ1v) is 8.71. The molecule has 1 N–H and O–H groups in total. The average molecular weight is 353 g/mol. The van der Waals surface area contributed by atoms with Crippen LogP contribution in [0.1, 0.15) is 28.7 Å². The van der Waals surface area contributed by atoms with Gasteiger partial charge in [0.05, 0.1) is 19.1 Å². The topological polar surface area (TPSA) is 66.8 Å². The van der Waals surface area contributed by atoms with Crippen molar-refractivity contribution in [3.05, 3.63) is 64.7 Å². The third-order valence-electron chi connectivity index (χ3n) is 4.86. The minimum absolute atomic E-state index is 0.0585. The summed E-state index contributed by atoms with van der Waals surface area (Å²) in [6.45, 7) is 5.10. The molecule has 1 fully saturated rings. The summed E-state index contributed by atoms with van der Waals surface area (Å²) in [7, 11) is 0. The van der Waals surface area contributed by atoms with Gasteiger partial charge in [0.2, 0.25) is 5.91 Å². The normalized spacial score (nSPS) is 16.9. The molecule has 5 nitrogen and oxygen atoms in total. The number of amides is 1. The van der Waals surface area contributed by atoms with E-state index in [1.165, 1.54) is 0 Å². The summed E-state index contributed by atoms with van der Waals surface area (Å²) < 4.78 is 5.83. The number of carbonyl (C=O) groups excluding carboxylic acids is 1. The van der Waals surface area contributed by atoms with Crippen molar-refractivity contribution in [3.8, 4) is 0 Å². The Kier molecular flexibility index (Phi) is 5.38. The molecule has 1 unspecified atom stereocenters. The first-order chi connectivity index (χ1) is 12.5. The van der Waals surface area contributed by atoms with Crippen molar-refractivity contribution in [1.82, 2.24) is 0 Å². The van der Waals surface area contributed by atoms with Crippen molar-refractivity contribution < 1.29 is 19.4 Å². The molecule has 5 heteroatoms. The second-order valence-corrected chi connectivity index (χ2v) is 6.74. The van der Waals surface area contributed by atoms with Crippen LogP contribution in [0.25, 0.3) is 0 Å². The fourth-order valence-corrected chi connectivity index (χ4v) is 3.39. The van der Waals surface area contributed by atoms with E-state index < -0.39 is 11.9 Å². The van der Waals surface area contributed by atoms with Crippen LogP contribution in [-0.2, 0) is 27.5 Å². The molecule has 0 bridgehead atoms. The molecule has 1 aliphatic rings. The lowest BCUT2D eigenvalue weighted by molar-refractivity contribution is -0.141. The number of nitrogens with zero attached hydrogens (tertiary/aromatic N) is 1. The van der Waals surface area contributed by atoms with Crippen LogP contribution in [0.4, 0.5) is 5.69 Å². The van der Waals surface area contributed by atoms with Gasteiger partial charge in [0.25, 0.3) is 0 Å². The highest BCUT2D eigenvalue weighted by Crippen LogP contribution is 2.33. The zero-order valence-electron chi connectivity index (χ0n) is 15.1. The van der Waals surface area contributed by atoms with Gasteiger partial charge in [-0.2, -0.15) is 0 Å². The molecule has 1 aliphatic heterocycles. The Bertz CT molecular complexity index is 816. The Hall–Kier alpha value is -2.66. The molecule has 3 rings (SSSR count). The molecular formula is C21H23NO4. The van der Waals surface area contributed by atoms with Crippen molar-refractivity contribution in [2.75, 3.05) is 11.4 Å². The van der Waals surface area contributed by atoms with Crippen LogP contribution in [0.3, 0.4) is 0 Å². The van der Waals surface area contributed by atoms with E-state index in [9.17, 15) is 14.7 Å². The number of aliphatic carboxylic acids is 1. The molecule has 2 aromatic rings. The molecule has 1 heterocycles. The molecule has 1 amide bonds. The van der Waals surface area contributed by atoms with Gasteiger partial charge in [0, 0.05) is 18.7 Å². The first kappa shape index (κ1) is 18.1. The van der Waals surface area contributed by atoms with Crippen molar-refractivity contribution in [2.45, 2.75) is 33.5 Å². The lowest BCUT2D eigenvalue weighted by Gasteiger charge is -2.23. The van der Waals surface area contributed by atoms with E-state index in [4.69, 9.17) is 4.74 Å². The van der Waals surface area contributed by atoms with Gasteiger partial charge in [-0.3, -0.25) is 9.59 Å². The number of anilines is 1. The van der Waals surface area contributed by atoms with Crippen LogP contribution >= 0.6 is 0 Å². The van der Waals surface area contributed by atoms with E-state index >= 15 is 0 Å². The van der Waals surface area contributed by atoms with Gasteiger partial charge < -0.3 is 14.7 Å². The molecular weight excluding hydrogens is 330 g/mol. The molecule has 26 heavy (non-hydrogen) atoms. The number of hydrogen-bond donors (Lipinski definition) is 1. The number of ether oxygens (including phenoxy) is 1. The van der Waals surface area contributed by atoms with Gasteiger partial charge in [-0.15, -0.1) is 0 Å². The number of carbonyl (C=O) groups is 2. The summed E-state index contributed by atoms with van der Waals surface area (Å²) in [5.41, 5.74) is 4.87. The third-order valence-corrected chi connectivity index (χ3v) is 4.86.